The van der Waals surface area contributed by atoms with Gasteiger partial charge in [-0.3, -0.25) is 4.79 Å². The molecule has 3 heteroatoms. The second-order valence-corrected chi connectivity index (χ2v) is 6.36. The molecule has 0 aliphatic heterocycles. The normalized spacial score (nSPS) is 15.2. The highest BCUT2D eigenvalue weighted by Gasteiger charge is 1.86. The Balaban J connectivity index is 4.66. The topological polar surface area (TPSA) is 54.4 Å². The number of carbonyl (C=O) groups is 2. The van der Waals surface area contributed by atoms with Crippen LogP contribution >= 0.6 is 0 Å². The smallest absolute Gasteiger partial charge is 0.328 e. The third kappa shape index (κ3) is 16.3. The van der Waals surface area contributed by atoms with Crippen LogP contribution in [0.25, 0.3) is 0 Å². The lowest BCUT2D eigenvalue weighted by molar-refractivity contribution is -0.131. The summed E-state index contributed by atoms with van der Waals surface area (Å²) in [6, 6.07) is 0. The first kappa shape index (κ1) is 24.8. The Morgan fingerprint density at radius 3 is 1.25 bits per heavy atom. The number of ketones is 1. The van der Waals surface area contributed by atoms with Crippen LogP contribution in [0.15, 0.2) is 107 Å². The summed E-state index contributed by atoms with van der Waals surface area (Å²) >= 11 is 0. The van der Waals surface area contributed by atoms with Crippen LogP contribution in [-0.4, -0.2) is 16.9 Å². The van der Waals surface area contributed by atoms with Gasteiger partial charge in [-0.2, -0.15) is 0 Å². The van der Waals surface area contributed by atoms with Crippen molar-refractivity contribution in [2.24, 2.45) is 0 Å². The molecule has 0 aromatic carbocycles. The van der Waals surface area contributed by atoms with E-state index >= 15 is 0 Å². The molecule has 0 radical (unpaired) electrons. The first-order valence-corrected chi connectivity index (χ1v) is 9.02. The SMILES string of the molecule is CC(=O)/C=C/C(C)=C/C=C/C(C)=C/C=C/C=C(C)/C=C/C=C(C)/C=C/C(=O)O. The van der Waals surface area contributed by atoms with Crippen LogP contribution in [0.4, 0.5) is 0 Å². The van der Waals surface area contributed by atoms with Gasteiger partial charge in [0.25, 0.3) is 0 Å². The fourth-order valence-corrected chi connectivity index (χ4v) is 1.79. The van der Waals surface area contributed by atoms with Crippen molar-refractivity contribution in [1.82, 2.24) is 0 Å². The van der Waals surface area contributed by atoms with Gasteiger partial charge in [0.05, 0.1) is 0 Å². The van der Waals surface area contributed by atoms with Crippen molar-refractivity contribution in [2.45, 2.75) is 34.6 Å². The number of aliphatic carboxylic acids is 1. The van der Waals surface area contributed by atoms with Crippen molar-refractivity contribution < 1.29 is 14.7 Å². The van der Waals surface area contributed by atoms with Gasteiger partial charge in [-0.1, -0.05) is 95.2 Å². The number of hydrogen-bond donors (Lipinski definition) is 1. The van der Waals surface area contributed by atoms with Crippen LogP contribution in [0.1, 0.15) is 34.6 Å². The molecular formula is C25H30O3. The van der Waals surface area contributed by atoms with Crippen LogP contribution in [0.2, 0.25) is 0 Å². The molecule has 0 heterocycles. The molecule has 0 saturated carbocycles. The molecule has 0 amide bonds. The highest BCUT2D eigenvalue weighted by atomic mass is 16.4. The zero-order valence-corrected chi connectivity index (χ0v) is 17.3. The molecule has 0 fully saturated rings. The maximum Gasteiger partial charge on any atom is 0.328 e. The van der Waals surface area contributed by atoms with E-state index in [9.17, 15) is 9.59 Å². The van der Waals surface area contributed by atoms with Gasteiger partial charge in [-0.05, 0) is 40.7 Å². The molecule has 28 heavy (non-hydrogen) atoms. The van der Waals surface area contributed by atoms with Gasteiger partial charge in [0, 0.05) is 6.08 Å². The van der Waals surface area contributed by atoms with Crippen LogP contribution in [0, 0.1) is 0 Å². The van der Waals surface area contributed by atoms with Crippen LogP contribution in [-0.2, 0) is 9.59 Å². The predicted octanol–water partition coefficient (Wildman–Crippen LogP) is 6.23. The largest absolute Gasteiger partial charge is 0.478 e. The number of rotatable bonds is 10. The molecule has 0 aliphatic rings. The Kier molecular flexibility index (Phi) is 13.2. The van der Waals surface area contributed by atoms with E-state index in [0.29, 0.717) is 0 Å². The van der Waals surface area contributed by atoms with Crippen LogP contribution < -0.4 is 0 Å². The van der Waals surface area contributed by atoms with Crippen molar-refractivity contribution in [1.29, 1.82) is 0 Å². The summed E-state index contributed by atoms with van der Waals surface area (Å²) in [4.78, 5) is 21.3. The number of allylic oxidation sites excluding steroid dienone is 17. The second kappa shape index (κ2) is 14.9. The number of carboxylic acids is 1. The Labute approximate surface area is 168 Å². The van der Waals surface area contributed by atoms with Gasteiger partial charge in [-0.15, -0.1) is 0 Å². The summed E-state index contributed by atoms with van der Waals surface area (Å²) in [5.74, 6) is -0.913. The lowest BCUT2D eigenvalue weighted by atomic mass is 10.2. The molecule has 0 rings (SSSR count). The van der Waals surface area contributed by atoms with Gasteiger partial charge in [-0.25, -0.2) is 4.79 Å². The summed E-state index contributed by atoms with van der Waals surface area (Å²) in [5, 5.41) is 8.57. The molecule has 0 spiro atoms. The maximum atomic E-state index is 10.9. The van der Waals surface area contributed by atoms with Crippen LogP contribution in [0.5, 0.6) is 0 Å². The summed E-state index contributed by atoms with van der Waals surface area (Å²) in [7, 11) is 0. The summed E-state index contributed by atoms with van der Waals surface area (Å²) in [5.41, 5.74) is 4.08. The standard InChI is InChI=1S/C25H30O3/c1-20(12-8-14-22(3)16-18-24(5)26)10-6-7-11-21(2)13-9-15-23(4)17-19-25(27)28/h6-19H,1-5H3,(H,27,28)/b7-6+,12-8+,13-9+,18-16+,19-17+,20-10+,21-11+,22-14+,23-15+. The molecule has 1 N–H and O–H groups in total. The predicted molar refractivity (Wildman–Crippen MR) is 119 cm³/mol. The molecule has 0 unspecified atom stereocenters. The average molecular weight is 379 g/mol. The Bertz CT molecular complexity index is 737. The summed E-state index contributed by atoms with van der Waals surface area (Å²) < 4.78 is 0. The van der Waals surface area contributed by atoms with E-state index < -0.39 is 5.97 Å². The Hall–Kier alpha value is -3.20. The Morgan fingerprint density at radius 1 is 0.500 bits per heavy atom. The molecule has 0 saturated heterocycles. The van der Waals surface area contributed by atoms with E-state index in [0.717, 1.165) is 28.4 Å². The maximum absolute atomic E-state index is 10.9. The summed E-state index contributed by atoms with van der Waals surface area (Å²) in [6.45, 7) is 9.34. The molecule has 148 valence electrons. The highest BCUT2D eigenvalue weighted by Crippen LogP contribution is 2.02. The van der Waals surface area contributed by atoms with Crippen molar-refractivity contribution in [3.8, 4) is 0 Å². The molecule has 3 nitrogen and oxygen atoms in total. The average Bonchev–Trinajstić information content (AvgIpc) is 2.61. The molecule has 0 aromatic rings. The third-order valence-corrected chi connectivity index (χ3v) is 3.34. The van der Waals surface area contributed by atoms with Gasteiger partial charge in [0.15, 0.2) is 5.78 Å². The van der Waals surface area contributed by atoms with Crippen LogP contribution in [0.3, 0.4) is 0 Å². The van der Waals surface area contributed by atoms with Crippen molar-refractivity contribution in [2.75, 3.05) is 0 Å². The van der Waals surface area contributed by atoms with Gasteiger partial charge in [0.1, 0.15) is 0 Å². The van der Waals surface area contributed by atoms with Gasteiger partial charge >= 0.3 is 5.97 Å². The zero-order valence-electron chi connectivity index (χ0n) is 17.3. The van der Waals surface area contributed by atoms with E-state index in [1.807, 2.05) is 88.5 Å². The minimum atomic E-state index is -0.952. The van der Waals surface area contributed by atoms with Gasteiger partial charge < -0.3 is 5.11 Å². The monoisotopic (exact) mass is 378 g/mol. The third-order valence-electron chi connectivity index (χ3n) is 3.34. The quantitative estimate of drug-likeness (QED) is 0.362. The minimum absolute atomic E-state index is 0.0392. The molecule has 0 aromatic heterocycles. The number of carbonyl (C=O) groups excluding carboxylic acids is 1. The van der Waals surface area contributed by atoms with Crippen molar-refractivity contribution >= 4 is 11.8 Å². The van der Waals surface area contributed by atoms with Crippen molar-refractivity contribution in [3.63, 3.8) is 0 Å². The van der Waals surface area contributed by atoms with E-state index in [1.165, 1.54) is 6.92 Å². The van der Waals surface area contributed by atoms with E-state index in [1.54, 1.807) is 18.2 Å². The molecular weight excluding hydrogens is 348 g/mol. The van der Waals surface area contributed by atoms with E-state index in [4.69, 9.17) is 5.11 Å². The molecule has 0 atom stereocenters. The number of carboxylic acid groups (broad SMARTS) is 1. The van der Waals surface area contributed by atoms with Gasteiger partial charge in [0.2, 0.25) is 0 Å². The lowest BCUT2D eigenvalue weighted by Gasteiger charge is -1.90. The highest BCUT2D eigenvalue weighted by molar-refractivity contribution is 5.87. The molecule has 0 bridgehead atoms. The van der Waals surface area contributed by atoms with E-state index in [-0.39, 0.29) is 5.78 Å². The second-order valence-electron chi connectivity index (χ2n) is 6.36. The first-order chi connectivity index (χ1) is 13.2. The molecule has 0 aliphatic carbocycles. The van der Waals surface area contributed by atoms with E-state index in [2.05, 4.69) is 0 Å². The number of hydrogen-bond acceptors (Lipinski definition) is 2. The fourth-order valence-electron chi connectivity index (χ4n) is 1.79. The Morgan fingerprint density at radius 2 is 0.857 bits per heavy atom. The van der Waals surface area contributed by atoms with Crippen molar-refractivity contribution in [3.05, 3.63) is 107 Å². The summed E-state index contributed by atoms with van der Waals surface area (Å²) in [6.07, 6.45) is 25.6. The minimum Gasteiger partial charge on any atom is -0.478 e. The fraction of sp³-hybridized carbons (Fsp3) is 0.200. The lowest BCUT2D eigenvalue weighted by Crippen LogP contribution is -1.85. The zero-order chi connectivity index (χ0) is 21.4. The first-order valence-electron chi connectivity index (χ1n) is 9.02.